The molecule has 0 spiro atoms. The van der Waals surface area contributed by atoms with Crippen molar-refractivity contribution in [2.24, 2.45) is 5.92 Å². The summed E-state index contributed by atoms with van der Waals surface area (Å²) in [7, 11) is 2.15. The molecule has 3 heterocycles. The smallest absolute Gasteiger partial charge is 0.293 e. The summed E-state index contributed by atoms with van der Waals surface area (Å²) in [5, 5.41) is 13.7. The van der Waals surface area contributed by atoms with E-state index < -0.39 is 5.60 Å². The highest BCUT2D eigenvalue weighted by Crippen LogP contribution is 2.23. The van der Waals surface area contributed by atoms with Crippen molar-refractivity contribution >= 4 is 0 Å². The van der Waals surface area contributed by atoms with Crippen molar-refractivity contribution < 1.29 is 14.0 Å². The molecule has 1 fully saturated rings. The van der Waals surface area contributed by atoms with E-state index in [0.29, 0.717) is 23.3 Å². The molecule has 1 saturated heterocycles. The minimum absolute atomic E-state index is 0.370. The highest BCUT2D eigenvalue weighted by atomic mass is 16.5. The molecule has 0 aliphatic carbocycles. The van der Waals surface area contributed by atoms with E-state index in [0.717, 1.165) is 38.2 Å². The molecule has 6 heteroatoms. The third-order valence-electron chi connectivity index (χ3n) is 4.09. The van der Waals surface area contributed by atoms with Crippen LogP contribution in [0.5, 0.6) is 0 Å². The summed E-state index contributed by atoms with van der Waals surface area (Å²) in [5.74, 6) is 8.15. The molecule has 6 nitrogen and oxygen atoms in total. The van der Waals surface area contributed by atoms with Gasteiger partial charge in [0.15, 0.2) is 17.3 Å². The Morgan fingerprint density at radius 1 is 1.33 bits per heavy atom. The predicted molar refractivity (Wildman–Crippen MR) is 89.1 cm³/mol. The van der Waals surface area contributed by atoms with E-state index in [1.54, 1.807) is 26.0 Å². The second kappa shape index (κ2) is 6.80. The van der Waals surface area contributed by atoms with Gasteiger partial charge in [0.25, 0.3) is 5.89 Å². The molecule has 24 heavy (non-hydrogen) atoms. The maximum atomic E-state index is 9.62. The topological polar surface area (TPSA) is 75.5 Å². The number of likely N-dealkylation sites (tertiary alicyclic amines) is 1. The minimum Gasteiger partial charge on any atom is -0.443 e. The van der Waals surface area contributed by atoms with Crippen LogP contribution in [-0.4, -0.2) is 45.9 Å². The van der Waals surface area contributed by atoms with Crippen molar-refractivity contribution in [1.82, 2.24) is 15.0 Å². The quantitative estimate of drug-likeness (QED) is 0.871. The standard InChI is InChI=1S/C18H23N3O3/c1-18(2,22)9-6-14-4-5-15(23-14)17-19-16(20-24-17)12-13-7-10-21(3)11-8-13/h4-5,13,22H,7-8,10-12H2,1-3H3. The summed E-state index contributed by atoms with van der Waals surface area (Å²) in [6.07, 6.45) is 3.17. The van der Waals surface area contributed by atoms with Crippen LogP contribution in [0.1, 0.15) is 38.3 Å². The second-order valence-corrected chi connectivity index (χ2v) is 6.94. The Morgan fingerprint density at radius 2 is 2.08 bits per heavy atom. The summed E-state index contributed by atoms with van der Waals surface area (Å²) < 4.78 is 10.9. The highest BCUT2D eigenvalue weighted by molar-refractivity contribution is 5.46. The lowest BCUT2D eigenvalue weighted by Crippen LogP contribution is -2.31. The molecule has 0 aromatic carbocycles. The van der Waals surface area contributed by atoms with Gasteiger partial charge in [-0.2, -0.15) is 4.98 Å². The van der Waals surface area contributed by atoms with Gasteiger partial charge in [0.05, 0.1) is 0 Å². The molecule has 0 radical (unpaired) electrons. The van der Waals surface area contributed by atoms with E-state index in [-0.39, 0.29) is 0 Å². The third kappa shape index (κ3) is 4.47. The molecule has 0 bridgehead atoms. The van der Waals surface area contributed by atoms with Gasteiger partial charge in [-0.15, -0.1) is 0 Å². The van der Waals surface area contributed by atoms with Crippen LogP contribution in [0.15, 0.2) is 21.1 Å². The van der Waals surface area contributed by atoms with Crippen LogP contribution >= 0.6 is 0 Å². The predicted octanol–water partition coefficient (Wildman–Crippen LogP) is 2.34. The molecule has 3 rings (SSSR count). The second-order valence-electron chi connectivity index (χ2n) is 6.94. The number of rotatable bonds is 3. The first-order chi connectivity index (χ1) is 11.4. The monoisotopic (exact) mass is 329 g/mol. The molecule has 2 aromatic heterocycles. The first-order valence-electron chi connectivity index (χ1n) is 8.26. The molecule has 1 aliphatic rings. The SMILES string of the molecule is CN1CCC(Cc2noc(-c3ccc(C#CC(C)(C)O)o3)n2)CC1. The lowest BCUT2D eigenvalue weighted by atomic mass is 9.94. The first-order valence-corrected chi connectivity index (χ1v) is 8.26. The first kappa shape index (κ1) is 16.7. The van der Waals surface area contributed by atoms with Crippen LogP contribution in [0.3, 0.4) is 0 Å². The normalized spacial score (nSPS) is 16.8. The molecule has 0 saturated carbocycles. The number of furan rings is 1. The van der Waals surface area contributed by atoms with Gasteiger partial charge in [-0.25, -0.2) is 0 Å². The zero-order valence-corrected chi connectivity index (χ0v) is 14.4. The maximum absolute atomic E-state index is 9.62. The Labute approximate surface area is 141 Å². The average molecular weight is 329 g/mol. The number of hydrogen-bond acceptors (Lipinski definition) is 6. The summed E-state index contributed by atoms with van der Waals surface area (Å²) in [5.41, 5.74) is -1.06. The van der Waals surface area contributed by atoms with Crippen LogP contribution in [-0.2, 0) is 6.42 Å². The van der Waals surface area contributed by atoms with Gasteiger partial charge in [0.2, 0.25) is 0 Å². The highest BCUT2D eigenvalue weighted by Gasteiger charge is 2.20. The van der Waals surface area contributed by atoms with E-state index in [9.17, 15) is 5.11 Å². The van der Waals surface area contributed by atoms with Gasteiger partial charge < -0.3 is 18.9 Å². The van der Waals surface area contributed by atoms with Crippen LogP contribution < -0.4 is 0 Å². The Morgan fingerprint density at radius 3 is 2.79 bits per heavy atom. The number of aromatic nitrogens is 2. The van der Waals surface area contributed by atoms with Gasteiger partial charge in [0, 0.05) is 6.42 Å². The van der Waals surface area contributed by atoms with Crippen LogP contribution in [0.2, 0.25) is 0 Å². The van der Waals surface area contributed by atoms with Gasteiger partial charge in [-0.3, -0.25) is 0 Å². The molecule has 0 amide bonds. The van der Waals surface area contributed by atoms with Gasteiger partial charge in [-0.05, 0) is 70.8 Å². The van der Waals surface area contributed by atoms with E-state index in [1.165, 1.54) is 0 Å². The Kier molecular flexibility index (Phi) is 4.74. The number of piperidine rings is 1. The zero-order valence-electron chi connectivity index (χ0n) is 14.4. The van der Waals surface area contributed by atoms with Gasteiger partial charge >= 0.3 is 0 Å². The summed E-state index contributed by atoms with van der Waals surface area (Å²) >= 11 is 0. The molecule has 0 atom stereocenters. The Hall–Kier alpha value is -2.10. The van der Waals surface area contributed by atoms with Gasteiger partial charge in [-0.1, -0.05) is 11.1 Å². The fraction of sp³-hybridized carbons (Fsp3) is 0.556. The lowest BCUT2D eigenvalue weighted by Gasteiger charge is -2.27. The Bertz CT molecular complexity index is 737. The van der Waals surface area contributed by atoms with Crippen LogP contribution in [0.4, 0.5) is 0 Å². The van der Waals surface area contributed by atoms with E-state index in [4.69, 9.17) is 8.94 Å². The van der Waals surface area contributed by atoms with Crippen molar-refractivity contribution in [2.45, 2.75) is 38.7 Å². The third-order valence-corrected chi connectivity index (χ3v) is 4.09. The molecule has 1 N–H and O–H groups in total. The van der Waals surface area contributed by atoms with Crippen LogP contribution in [0, 0.1) is 17.8 Å². The number of hydrogen-bond donors (Lipinski definition) is 1. The fourth-order valence-corrected chi connectivity index (χ4v) is 2.70. The molecule has 1 aliphatic heterocycles. The van der Waals surface area contributed by atoms with Crippen molar-refractivity contribution in [2.75, 3.05) is 20.1 Å². The largest absolute Gasteiger partial charge is 0.443 e. The molecular weight excluding hydrogens is 306 g/mol. The van der Waals surface area contributed by atoms with E-state index in [2.05, 4.69) is 33.9 Å². The molecule has 0 unspecified atom stereocenters. The fourth-order valence-electron chi connectivity index (χ4n) is 2.70. The number of aliphatic hydroxyl groups is 1. The zero-order chi connectivity index (χ0) is 17.2. The van der Waals surface area contributed by atoms with E-state index in [1.807, 2.05) is 0 Å². The van der Waals surface area contributed by atoms with Crippen molar-refractivity contribution in [3.63, 3.8) is 0 Å². The molecule has 2 aromatic rings. The van der Waals surface area contributed by atoms with Crippen molar-refractivity contribution in [1.29, 1.82) is 0 Å². The summed E-state index contributed by atoms with van der Waals surface area (Å²) in [6, 6.07) is 3.48. The van der Waals surface area contributed by atoms with E-state index >= 15 is 0 Å². The maximum Gasteiger partial charge on any atom is 0.293 e. The van der Waals surface area contributed by atoms with Gasteiger partial charge in [0.1, 0.15) is 5.60 Å². The average Bonchev–Trinajstić information content (AvgIpc) is 3.16. The summed E-state index contributed by atoms with van der Waals surface area (Å²) in [4.78, 5) is 6.78. The molecule has 128 valence electrons. The lowest BCUT2D eigenvalue weighted by molar-refractivity contribution is 0.143. The molecular formula is C18H23N3O3. The van der Waals surface area contributed by atoms with Crippen LogP contribution in [0.25, 0.3) is 11.7 Å². The van der Waals surface area contributed by atoms with Crippen molar-refractivity contribution in [3.05, 3.63) is 23.7 Å². The van der Waals surface area contributed by atoms with Crippen molar-refractivity contribution in [3.8, 4) is 23.5 Å². The number of nitrogens with zero attached hydrogens (tertiary/aromatic N) is 3. The Balaban J connectivity index is 1.65. The minimum atomic E-state index is -1.06. The summed E-state index contributed by atoms with van der Waals surface area (Å²) in [6.45, 7) is 5.49.